The first-order valence-electron chi connectivity index (χ1n) is 7.85. The van der Waals surface area contributed by atoms with Crippen LogP contribution in [0.1, 0.15) is 13.3 Å². The van der Waals surface area contributed by atoms with E-state index in [1.165, 1.54) is 24.3 Å². The quantitative estimate of drug-likeness (QED) is 0.874. The number of ether oxygens (including phenoxy) is 2. The number of benzene rings is 2. The monoisotopic (exact) mass is 344 g/mol. The first kappa shape index (κ1) is 16.8. The molecule has 7 heteroatoms. The molecule has 25 heavy (non-hydrogen) atoms. The van der Waals surface area contributed by atoms with Crippen molar-refractivity contribution in [3.8, 4) is 11.5 Å². The Hall–Kier alpha value is -3.09. The molecule has 3 rings (SSSR count). The summed E-state index contributed by atoms with van der Waals surface area (Å²) in [5.41, 5.74) is 1.01. The first-order valence-corrected chi connectivity index (χ1v) is 7.85. The number of carbonyl (C=O) groups excluding carboxylic acids is 2. The topological polar surface area (TPSA) is 76.7 Å². The van der Waals surface area contributed by atoms with Crippen LogP contribution in [0.5, 0.6) is 11.5 Å². The van der Waals surface area contributed by atoms with E-state index in [-0.39, 0.29) is 24.2 Å². The number of hydrogen-bond acceptors (Lipinski definition) is 4. The van der Waals surface area contributed by atoms with Gasteiger partial charge in [-0.3, -0.25) is 9.59 Å². The summed E-state index contributed by atoms with van der Waals surface area (Å²) < 4.78 is 23.8. The average molecular weight is 344 g/mol. The first-order chi connectivity index (χ1) is 12.0. The fourth-order valence-electron chi connectivity index (χ4n) is 2.38. The second-order valence-electron chi connectivity index (χ2n) is 5.51. The summed E-state index contributed by atoms with van der Waals surface area (Å²) >= 11 is 0. The zero-order valence-corrected chi connectivity index (χ0v) is 13.5. The van der Waals surface area contributed by atoms with Crippen LogP contribution in [0.15, 0.2) is 42.5 Å². The van der Waals surface area contributed by atoms with Crippen molar-refractivity contribution < 1.29 is 23.5 Å². The molecule has 0 bridgehead atoms. The van der Waals surface area contributed by atoms with Crippen molar-refractivity contribution in [2.24, 2.45) is 0 Å². The van der Waals surface area contributed by atoms with Gasteiger partial charge in [0.1, 0.15) is 17.3 Å². The molecule has 2 aromatic carbocycles. The molecule has 0 saturated carbocycles. The lowest BCUT2D eigenvalue weighted by Crippen LogP contribution is -2.32. The van der Waals surface area contributed by atoms with Crippen LogP contribution in [0, 0.1) is 5.82 Å². The minimum absolute atomic E-state index is 0.0257. The van der Waals surface area contributed by atoms with Crippen molar-refractivity contribution in [1.82, 2.24) is 0 Å². The summed E-state index contributed by atoms with van der Waals surface area (Å²) in [5, 5.41) is 5.42. The molecule has 2 aromatic rings. The van der Waals surface area contributed by atoms with E-state index in [2.05, 4.69) is 10.6 Å². The summed E-state index contributed by atoms with van der Waals surface area (Å²) in [7, 11) is 0. The third kappa shape index (κ3) is 4.06. The molecule has 1 atom stereocenters. The summed E-state index contributed by atoms with van der Waals surface area (Å²) in [6, 6.07) is 10.5. The fraction of sp³-hybridized carbons (Fsp3) is 0.222. The van der Waals surface area contributed by atoms with Crippen LogP contribution in [0.25, 0.3) is 0 Å². The van der Waals surface area contributed by atoms with Crippen LogP contribution in [0.2, 0.25) is 0 Å². The molecule has 0 spiro atoms. The number of anilines is 2. The maximum absolute atomic E-state index is 12.9. The van der Waals surface area contributed by atoms with E-state index in [0.29, 0.717) is 29.3 Å². The van der Waals surface area contributed by atoms with Crippen LogP contribution in [-0.4, -0.2) is 24.5 Å². The van der Waals surface area contributed by atoms with Gasteiger partial charge in [0.15, 0.2) is 12.7 Å². The van der Waals surface area contributed by atoms with Gasteiger partial charge >= 0.3 is 0 Å². The second kappa shape index (κ2) is 7.21. The summed E-state index contributed by atoms with van der Waals surface area (Å²) in [6.07, 6.45) is -0.291. The fourth-order valence-corrected chi connectivity index (χ4v) is 2.38. The van der Waals surface area contributed by atoms with Crippen molar-refractivity contribution in [2.75, 3.05) is 17.2 Å². The molecular weight excluding hydrogens is 327 g/mol. The molecule has 0 radical (unpaired) electrons. The van der Waals surface area contributed by atoms with Crippen LogP contribution in [0.4, 0.5) is 15.8 Å². The maximum atomic E-state index is 12.9. The van der Waals surface area contributed by atoms with Gasteiger partial charge in [0.2, 0.25) is 0 Å². The van der Waals surface area contributed by atoms with Crippen LogP contribution >= 0.6 is 0 Å². The Morgan fingerprint density at radius 2 is 2.08 bits per heavy atom. The van der Waals surface area contributed by atoms with E-state index in [9.17, 15) is 14.0 Å². The smallest absolute Gasteiger partial charge is 0.265 e. The largest absolute Gasteiger partial charge is 0.482 e. The summed E-state index contributed by atoms with van der Waals surface area (Å²) in [6.45, 7) is 1.79. The van der Waals surface area contributed by atoms with Gasteiger partial charge in [0, 0.05) is 5.69 Å². The number of fused-ring (bicyclic) bond motifs is 1. The van der Waals surface area contributed by atoms with Gasteiger partial charge in [0.05, 0.1) is 5.69 Å². The molecule has 130 valence electrons. The van der Waals surface area contributed by atoms with E-state index >= 15 is 0 Å². The molecule has 1 heterocycles. The second-order valence-corrected chi connectivity index (χ2v) is 5.51. The van der Waals surface area contributed by atoms with Gasteiger partial charge in [-0.2, -0.15) is 0 Å². The van der Waals surface area contributed by atoms with E-state index in [1.807, 2.05) is 6.92 Å². The standard InChI is InChI=1S/C18H17FN2O4/c1-2-15(25-13-6-3-11(19)4-7-13)18(23)20-12-5-8-16-14(9-12)21-17(22)10-24-16/h3-9,15H,2,10H2,1H3,(H,20,23)(H,21,22). The number of carbonyl (C=O) groups is 2. The Labute approximate surface area is 143 Å². The van der Waals surface area contributed by atoms with E-state index in [0.717, 1.165) is 0 Å². The lowest BCUT2D eigenvalue weighted by molar-refractivity contribution is -0.122. The highest BCUT2D eigenvalue weighted by molar-refractivity contribution is 5.98. The molecule has 0 fully saturated rings. The van der Waals surface area contributed by atoms with Gasteiger partial charge in [0.25, 0.3) is 11.8 Å². The van der Waals surface area contributed by atoms with Gasteiger partial charge in [-0.05, 0) is 48.9 Å². The third-order valence-corrected chi connectivity index (χ3v) is 3.64. The Bertz CT molecular complexity index is 792. The molecule has 1 aliphatic rings. The lowest BCUT2D eigenvalue weighted by atomic mass is 10.2. The lowest BCUT2D eigenvalue weighted by Gasteiger charge is -2.20. The molecule has 1 unspecified atom stereocenters. The molecule has 0 aliphatic carbocycles. The molecule has 2 N–H and O–H groups in total. The van der Waals surface area contributed by atoms with Crippen molar-refractivity contribution in [2.45, 2.75) is 19.4 Å². The van der Waals surface area contributed by atoms with Gasteiger partial charge in [-0.1, -0.05) is 6.92 Å². The summed E-state index contributed by atoms with van der Waals surface area (Å²) in [4.78, 5) is 23.8. The van der Waals surface area contributed by atoms with E-state index in [1.54, 1.807) is 18.2 Å². The minimum Gasteiger partial charge on any atom is -0.482 e. The molecule has 6 nitrogen and oxygen atoms in total. The van der Waals surface area contributed by atoms with E-state index < -0.39 is 6.10 Å². The number of hydrogen-bond donors (Lipinski definition) is 2. The predicted octanol–water partition coefficient (Wildman–Crippen LogP) is 2.95. The van der Waals surface area contributed by atoms with Crippen LogP contribution < -0.4 is 20.1 Å². The number of nitrogens with one attached hydrogen (secondary N) is 2. The normalized spacial score (nSPS) is 13.9. The highest BCUT2D eigenvalue weighted by Crippen LogP contribution is 2.30. The van der Waals surface area contributed by atoms with Crippen LogP contribution in [-0.2, 0) is 9.59 Å². The third-order valence-electron chi connectivity index (χ3n) is 3.64. The zero-order valence-electron chi connectivity index (χ0n) is 13.5. The van der Waals surface area contributed by atoms with Crippen molar-refractivity contribution in [3.05, 3.63) is 48.3 Å². The van der Waals surface area contributed by atoms with Crippen molar-refractivity contribution in [3.63, 3.8) is 0 Å². The van der Waals surface area contributed by atoms with Gasteiger partial charge in [-0.25, -0.2) is 4.39 Å². The SMILES string of the molecule is CCC(Oc1ccc(F)cc1)C(=O)Nc1ccc2c(c1)NC(=O)CO2. The van der Waals surface area contributed by atoms with E-state index in [4.69, 9.17) is 9.47 Å². The Kier molecular flexibility index (Phi) is 4.83. The Balaban J connectivity index is 1.68. The molecular formula is C18H17FN2O4. The number of halogens is 1. The van der Waals surface area contributed by atoms with Gasteiger partial charge < -0.3 is 20.1 Å². The Morgan fingerprint density at radius 3 is 2.80 bits per heavy atom. The maximum Gasteiger partial charge on any atom is 0.265 e. The predicted molar refractivity (Wildman–Crippen MR) is 90.3 cm³/mol. The van der Waals surface area contributed by atoms with Gasteiger partial charge in [-0.15, -0.1) is 0 Å². The highest BCUT2D eigenvalue weighted by Gasteiger charge is 2.20. The van der Waals surface area contributed by atoms with Crippen LogP contribution in [0.3, 0.4) is 0 Å². The average Bonchev–Trinajstić information content (AvgIpc) is 2.60. The minimum atomic E-state index is -0.729. The zero-order chi connectivity index (χ0) is 17.8. The molecule has 0 aromatic heterocycles. The molecule has 2 amide bonds. The number of amides is 2. The van der Waals surface area contributed by atoms with Crippen molar-refractivity contribution >= 4 is 23.2 Å². The molecule has 0 saturated heterocycles. The summed E-state index contributed by atoms with van der Waals surface area (Å²) in [5.74, 6) is 0.00164. The Morgan fingerprint density at radius 1 is 1.32 bits per heavy atom. The number of rotatable bonds is 5. The van der Waals surface area contributed by atoms with Crippen molar-refractivity contribution in [1.29, 1.82) is 0 Å². The highest BCUT2D eigenvalue weighted by atomic mass is 19.1. The molecule has 1 aliphatic heterocycles.